The molecule has 2 aliphatic rings. The molecule has 4 nitrogen and oxygen atoms in total. The van der Waals surface area contributed by atoms with Gasteiger partial charge in [0.1, 0.15) is 11.9 Å². The first kappa shape index (κ1) is 13.9. The smallest absolute Gasteiger partial charge is 0.119 e. The second-order valence-corrected chi connectivity index (χ2v) is 5.53. The van der Waals surface area contributed by atoms with Gasteiger partial charge in [-0.05, 0) is 36.2 Å². The van der Waals surface area contributed by atoms with Crippen molar-refractivity contribution in [2.75, 3.05) is 26.9 Å². The van der Waals surface area contributed by atoms with Gasteiger partial charge < -0.3 is 19.5 Å². The molecule has 1 saturated heterocycles. The molecule has 0 spiro atoms. The van der Waals surface area contributed by atoms with E-state index >= 15 is 0 Å². The Morgan fingerprint density at radius 3 is 2.85 bits per heavy atom. The summed E-state index contributed by atoms with van der Waals surface area (Å²) < 4.78 is 16.7. The summed E-state index contributed by atoms with van der Waals surface area (Å²) in [6.07, 6.45) is 2.56. The highest BCUT2D eigenvalue weighted by Gasteiger charge is 2.36. The largest absolute Gasteiger partial charge is 0.497 e. The van der Waals surface area contributed by atoms with E-state index in [1.165, 1.54) is 11.1 Å². The molecule has 2 unspecified atom stereocenters. The van der Waals surface area contributed by atoms with Crippen molar-refractivity contribution >= 4 is 0 Å². The Morgan fingerprint density at radius 2 is 2.20 bits per heavy atom. The summed E-state index contributed by atoms with van der Waals surface area (Å²) in [5.41, 5.74) is 2.69. The van der Waals surface area contributed by atoms with Crippen LogP contribution >= 0.6 is 0 Å². The molecule has 1 aromatic rings. The normalized spacial score (nSPS) is 25.3. The summed E-state index contributed by atoms with van der Waals surface area (Å²) in [6, 6.07) is 6.60. The van der Waals surface area contributed by atoms with Crippen molar-refractivity contribution in [3.63, 3.8) is 0 Å². The number of nitrogens with one attached hydrogen (secondary N) is 1. The van der Waals surface area contributed by atoms with Crippen LogP contribution in [0.4, 0.5) is 0 Å². The molecule has 0 bridgehead atoms. The Balaban J connectivity index is 1.78. The van der Waals surface area contributed by atoms with Gasteiger partial charge in [0.2, 0.25) is 0 Å². The molecule has 2 atom stereocenters. The van der Waals surface area contributed by atoms with Gasteiger partial charge in [0.15, 0.2) is 0 Å². The minimum absolute atomic E-state index is 0.206. The van der Waals surface area contributed by atoms with E-state index in [9.17, 15) is 0 Å². The summed E-state index contributed by atoms with van der Waals surface area (Å²) in [6.45, 7) is 4.65. The fourth-order valence-electron chi connectivity index (χ4n) is 2.92. The lowest BCUT2D eigenvalue weighted by molar-refractivity contribution is -0.158. The highest BCUT2D eigenvalue weighted by molar-refractivity contribution is 5.42. The van der Waals surface area contributed by atoms with E-state index in [1.54, 1.807) is 7.11 Å². The second kappa shape index (κ2) is 6.12. The van der Waals surface area contributed by atoms with Crippen LogP contribution < -0.4 is 10.1 Å². The lowest BCUT2D eigenvalue weighted by atomic mass is 10.1. The van der Waals surface area contributed by atoms with E-state index in [-0.39, 0.29) is 18.2 Å². The van der Waals surface area contributed by atoms with Crippen LogP contribution in [0.1, 0.15) is 30.5 Å². The van der Waals surface area contributed by atoms with Crippen molar-refractivity contribution in [3.8, 4) is 5.75 Å². The SMILES string of the molecule is CCCNC1c2cc(OC)ccc2CC1OC1COC1. The number of hydrogen-bond acceptors (Lipinski definition) is 4. The van der Waals surface area contributed by atoms with E-state index < -0.39 is 0 Å². The van der Waals surface area contributed by atoms with Gasteiger partial charge in [-0.2, -0.15) is 0 Å². The monoisotopic (exact) mass is 277 g/mol. The zero-order valence-electron chi connectivity index (χ0n) is 12.2. The molecule has 1 aliphatic carbocycles. The predicted octanol–water partition coefficient (Wildman–Crippen LogP) is 2.08. The average Bonchev–Trinajstić information content (AvgIpc) is 2.77. The Morgan fingerprint density at radius 1 is 1.35 bits per heavy atom. The van der Waals surface area contributed by atoms with Crippen LogP contribution in [0.25, 0.3) is 0 Å². The van der Waals surface area contributed by atoms with E-state index in [1.807, 2.05) is 6.07 Å². The van der Waals surface area contributed by atoms with E-state index in [0.29, 0.717) is 0 Å². The van der Waals surface area contributed by atoms with E-state index in [2.05, 4.69) is 24.4 Å². The molecule has 0 radical (unpaired) electrons. The maximum absolute atomic E-state index is 6.18. The van der Waals surface area contributed by atoms with Crippen LogP contribution in [-0.4, -0.2) is 39.1 Å². The van der Waals surface area contributed by atoms with Crippen LogP contribution in [0.5, 0.6) is 5.75 Å². The molecule has 4 heteroatoms. The second-order valence-electron chi connectivity index (χ2n) is 5.53. The van der Waals surface area contributed by atoms with Crippen molar-refractivity contribution in [1.82, 2.24) is 5.32 Å². The van der Waals surface area contributed by atoms with Crippen molar-refractivity contribution < 1.29 is 14.2 Å². The number of fused-ring (bicyclic) bond motifs is 1. The zero-order valence-corrected chi connectivity index (χ0v) is 12.2. The first-order valence-electron chi connectivity index (χ1n) is 7.45. The molecule has 1 aromatic carbocycles. The number of methoxy groups -OCH3 is 1. The van der Waals surface area contributed by atoms with Gasteiger partial charge in [-0.15, -0.1) is 0 Å². The quantitative estimate of drug-likeness (QED) is 0.864. The highest BCUT2D eigenvalue weighted by Crippen LogP contribution is 2.36. The molecular weight excluding hydrogens is 254 g/mol. The number of rotatable bonds is 6. The maximum Gasteiger partial charge on any atom is 0.119 e. The van der Waals surface area contributed by atoms with E-state index in [4.69, 9.17) is 14.2 Å². The number of hydrogen-bond donors (Lipinski definition) is 1. The Bertz CT molecular complexity index is 459. The van der Waals surface area contributed by atoms with Gasteiger partial charge in [-0.25, -0.2) is 0 Å². The standard InChI is InChI=1S/C16H23NO3/c1-3-6-17-16-14-8-12(18-2)5-4-11(14)7-15(16)20-13-9-19-10-13/h4-5,8,13,15-17H,3,6-7,9-10H2,1-2H3. The molecule has 3 rings (SSSR count). The summed E-state index contributed by atoms with van der Waals surface area (Å²) in [5.74, 6) is 0.916. The van der Waals surface area contributed by atoms with Gasteiger partial charge in [-0.3, -0.25) is 0 Å². The molecule has 0 aromatic heterocycles. The van der Waals surface area contributed by atoms with Crippen LogP contribution in [0.2, 0.25) is 0 Å². The van der Waals surface area contributed by atoms with Crippen molar-refractivity contribution in [2.24, 2.45) is 0 Å². The molecule has 1 N–H and O–H groups in total. The van der Waals surface area contributed by atoms with Gasteiger partial charge >= 0.3 is 0 Å². The van der Waals surface area contributed by atoms with Gasteiger partial charge in [-0.1, -0.05) is 13.0 Å². The molecule has 20 heavy (non-hydrogen) atoms. The maximum atomic E-state index is 6.18. The zero-order chi connectivity index (χ0) is 13.9. The van der Waals surface area contributed by atoms with E-state index in [0.717, 1.165) is 38.3 Å². The Kier molecular flexibility index (Phi) is 4.24. The minimum atomic E-state index is 0.206. The van der Waals surface area contributed by atoms with Crippen molar-refractivity contribution in [3.05, 3.63) is 29.3 Å². The van der Waals surface area contributed by atoms with Crippen LogP contribution in [-0.2, 0) is 15.9 Å². The summed E-state index contributed by atoms with van der Waals surface area (Å²) >= 11 is 0. The summed E-state index contributed by atoms with van der Waals surface area (Å²) in [4.78, 5) is 0. The molecule has 0 saturated carbocycles. The molecule has 110 valence electrons. The minimum Gasteiger partial charge on any atom is -0.497 e. The van der Waals surface area contributed by atoms with Gasteiger partial charge in [0.05, 0.1) is 32.5 Å². The Hall–Kier alpha value is -1.10. The Labute approximate surface area is 120 Å². The highest BCUT2D eigenvalue weighted by atomic mass is 16.6. The molecular formula is C16H23NO3. The third kappa shape index (κ3) is 2.68. The lowest BCUT2D eigenvalue weighted by Crippen LogP contribution is -2.42. The number of benzene rings is 1. The third-order valence-corrected chi connectivity index (χ3v) is 4.07. The lowest BCUT2D eigenvalue weighted by Gasteiger charge is -2.32. The fourth-order valence-corrected chi connectivity index (χ4v) is 2.92. The van der Waals surface area contributed by atoms with Gasteiger partial charge in [0.25, 0.3) is 0 Å². The molecule has 1 aliphatic heterocycles. The average molecular weight is 277 g/mol. The topological polar surface area (TPSA) is 39.7 Å². The van der Waals surface area contributed by atoms with Crippen molar-refractivity contribution in [2.45, 2.75) is 38.0 Å². The molecule has 0 amide bonds. The van der Waals surface area contributed by atoms with Crippen LogP contribution in [0, 0.1) is 0 Å². The van der Waals surface area contributed by atoms with Crippen molar-refractivity contribution in [1.29, 1.82) is 0 Å². The van der Waals surface area contributed by atoms with Gasteiger partial charge in [0, 0.05) is 6.42 Å². The van der Waals surface area contributed by atoms with Crippen LogP contribution in [0.15, 0.2) is 18.2 Å². The van der Waals surface area contributed by atoms with Crippen LogP contribution in [0.3, 0.4) is 0 Å². The summed E-state index contributed by atoms with van der Waals surface area (Å²) in [7, 11) is 1.71. The first-order chi connectivity index (χ1) is 9.81. The molecule has 1 heterocycles. The fraction of sp³-hybridized carbons (Fsp3) is 0.625. The molecule has 1 fully saturated rings. The summed E-state index contributed by atoms with van der Waals surface area (Å²) in [5, 5.41) is 3.62. The third-order valence-electron chi connectivity index (χ3n) is 4.07. The number of ether oxygens (including phenoxy) is 3. The predicted molar refractivity (Wildman–Crippen MR) is 77.2 cm³/mol. The first-order valence-corrected chi connectivity index (χ1v) is 7.45.